The molecule has 0 unspecified atom stereocenters. The van der Waals surface area contributed by atoms with Crippen molar-refractivity contribution in [1.29, 1.82) is 0 Å². The van der Waals surface area contributed by atoms with E-state index in [4.69, 9.17) is 5.11 Å². The Morgan fingerprint density at radius 1 is 1.29 bits per heavy atom. The second-order valence-electron chi connectivity index (χ2n) is 4.57. The van der Waals surface area contributed by atoms with Crippen molar-refractivity contribution in [2.75, 3.05) is 4.72 Å². The zero-order valence-electron chi connectivity index (χ0n) is 11.5. The van der Waals surface area contributed by atoms with Gasteiger partial charge in [0.1, 0.15) is 4.90 Å². The first-order valence-electron chi connectivity index (χ1n) is 6.08. The van der Waals surface area contributed by atoms with Crippen molar-refractivity contribution in [3.8, 4) is 0 Å². The molecule has 0 aliphatic heterocycles. The van der Waals surface area contributed by atoms with Crippen LogP contribution in [-0.2, 0) is 10.0 Å². The molecule has 0 fully saturated rings. The number of carboxylic acids is 1. The minimum absolute atomic E-state index is 0.0140. The summed E-state index contributed by atoms with van der Waals surface area (Å²) in [4.78, 5) is 14.9. The molecule has 7 heteroatoms. The zero-order chi connectivity index (χ0) is 15.6. The Hall–Kier alpha value is -2.41. The molecule has 0 atom stereocenters. The number of pyridine rings is 1. The summed E-state index contributed by atoms with van der Waals surface area (Å²) < 4.78 is 26.7. The van der Waals surface area contributed by atoms with Crippen LogP contribution in [0.5, 0.6) is 0 Å². The zero-order valence-corrected chi connectivity index (χ0v) is 12.3. The average molecular weight is 306 g/mol. The topological polar surface area (TPSA) is 96.4 Å². The van der Waals surface area contributed by atoms with Gasteiger partial charge in [-0.05, 0) is 49.2 Å². The highest BCUT2D eigenvalue weighted by molar-refractivity contribution is 7.92. The predicted octanol–water partition coefficient (Wildman–Crippen LogP) is 2.20. The van der Waals surface area contributed by atoms with Crippen LogP contribution in [-0.4, -0.2) is 24.5 Å². The SMILES string of the molecule is Cc1cc(NS(=O)(=O)c2cccnc2)cc(C(=O)O)c1C. The molecule has 2 aromatic rings. The van der Waals surface area contributed by atoms with E-state index in [0.29, 0.717) is 11.1 Å². The van der Waals surface area contributed by atoms with E-state index in [2.05, 4.69) is 9.71 Å². The van der Waals surface area contributed by atoms with Gasteiger partial charge in [0.25, 0.3) is 10.0 Å². The molecular formula is C14H14N2O4S. The van der Waals surface area contributed by atoms with Crippen molar-refractivity contribution in [2.24, 2.45) is 0 Å². The molecule has 0 amide bonds. The number of hydrogen-bond donors (Lipinski definition) is 2. The number of benzene rings is 1. The molecule has 0 radical (unpaired) electrons. The lowest BCUT2D eigenvalue weighted by Gasteiger charge is -2.12. The number of carboxylic acid groups (broad SMARTS) is 1. The van der Waals surface area contributed by atoms with Crippen molar-refractivity contribution in [3.63, 3.8) is 0 Å². The molecule has 2 N–H and O–H groups in total. The number of anilines is 1. The minimum atomic E-state index is -3.79. The molecule has 0 spiro atoms. The van der Waals surface area contributed by atoms with Crippen LogP contribution in [0.3, 0.4) is 0 Å². The summed E-state index contributed by atoms with van der Waals surface area (Å²) in [6.45, 7) is 3.40. The van der Waals surface area contributed by atoms with Crippen LogP contribution in [0, 0.1) is 13.8 Å². The lowest BCUT2D eigenvalue weighted by Crippen LogP contribution is -2.14. The fourth-order valence-electron chi connectivity index (χ4n) is 1.86. The molecule has 2 rings (SSSR count). The van der Waals surface area contributed by atoms with Crippen molar-refractivity contribution in [1.82, 2.24) is 4.98 Å². The van der Waals surface area contributed by atoms with Gasteiger partial charge in [0.15, 0.2) is 0 Å². The van der Waals surface area contributed by atoms with Crippen molar-refractivity contribution in [2.45, 2.75) is 18.7 Å². The van der Waals surface area contributed by atoms with E-state index in [1.807, 2.05) is 0 Å². The Morgan fingerprint density at radius 2 is 2.00 bits per heavy atom. The van der Waals surface area contributed by atoms with E-state index in [1.165, 1.54) is 30.6 Å². The third-order valence-corrected chi connectivity index (χ3v) is 4.46. The largest absolute Gasteiger partial charge is 0.478 e. The van der Waals surface area contributed by atoms with Gasteiger partial charge in [-0.3, -0.25) is 9.71 Å². The number of nitrogens with zero attached hydrogens (tertiary/aromatic N) is 1. The molecule has 1 aromatic carbocycles. The van der Waals surface area contributed by atoms with Crippen LogP contribution in [0.25, 0.3) is 0 Å². The highest BCUT2D eigenvalue weighted by Gasteiger charge is 2.17. The lowest BCUT2D eigenvalue weighted by atomic mass is 10.0. The predicted molar refractivity (Wildman–Crippen MR) is 77.9 cm³/mol. The number of rotatable bonds is 4. The van der Waals surface area contributed by atoms with Gasteiger partial charge in [-0.15, -0.1) is 0 Å². The molecule has 6 nitrogen and oxygen atoms in total. The van der Waals surface area contributed by atoms with E-state index in [0.717, 1.165) is 0 Å². The van der Waals surface area contributed by atoms with Gasteiger partial charge >= 0.3 is 5.97 Å². The minimum Gasteiger partial charge on any atom is -0.478 e. The van der Waals surface area contributed by atoms with E-state index in [9.17, 15) is 13.2 Å². The van der Waals surface area contributed by atoms with Gasteiger partial charge in [0.2, 0.25) is 0 Å². The van der Waals surface area contributed by atoms with E-state index >= 15 is 0 Å². The number of aromatic carboxylic acids is 1. The molecule has 1 aromatic heterocycles. The fraction of sp³-hybridized carbons (Fsp3) is 0.143. The Balaban J connectivity index is 2.43. The lowest BCUT2D eigenvalue weighted by molar-refractivity contribution is 0.0696. The van der Waals surface area contributed by atoms with Crippen LogP contribution in [0.15, 0.2) is 41.6 Å². The number of hydrogen-bond acceptors (Lipinski definition) is 4. The summed E-state index contributed by atoms with van der Waals surface area (Å²) >= 11 is 0. The number of nitrogens with one attached hydrogen (secondary N) is 1. The standard InChI is InChI=1S/C14H14N2O4S/c1-9-6-11(7-13(10(9)2)14(17)18)16-21(19,20)12-4-3-5-15-8-12/h3-8,16H,1-2H3,(H,17,18). The quantitative estimate of drug-likeness (QED) is 0.902. The second kappa shape index (κ2) is 5.53. The highest BCUT2D eigenvalue weighted by Crippen LogP contribution is 2.22. The van der Waals surface area contributed by atoms with Gasteiger partial charge in [-0.25, -0.2) is 13.2 Å². The Kier molecular flexibility index (Phi) is 3.95. The first kappa shape index (κ1) is 15.0. The summed E-state index contributed by atoms with van der Waals surface area (Å²) in [6, 6.07) is 5.82. The monoisotopic (exact) mass is 306 g/mol. The van der Waals surface area contributed by atoms with Crippen LogP contribution in [0.4, 0.5) is 5.69 Å². The summed E-state index contributed by atoms with van der Waals surface area (Å²) in [5.41, 5.74) is 1.57. The maximum absolute atomic E-state index is 12.2. The molecular weight excluding hydrogens is 292 g/mol. The number of sulfonamides is 1. The van der Waals surface area contributed by atoms with E-state index < -0.39 is 16.0 Å². The summed E-state index contributed by atoms with van der Waals surface area (Å²) in [5, 5.41) is 9.14. The third-order valence-electron chi connectivity index (χ3n) is 3.09. The van der Waals surface area contributed by atoms with Gasteiger partial charge in [0.05, 0.1) is 5.56 Å². The fourth-order valence-corrected chi connectivity index (χ4v) is 2.86. The normalized spacial score (nSPS) is 11.1. The first-order valence-corrected chi connectivity index (χ1v) is 7.57. The number of aromatic nitrogens is 1. The maximum atomic E-state index is 12.2. The molecule has 0 bridgehead atoms. The van der Waals surface area contributed by atoms with Crippen molar-refractivity contribution in [3.05, 3.63) is 53.3 Å². The number of aryl methyl sites for hydroxylation is 1. The van der Waals surface area contributed by atoms with Crippen LogP contribution >= 0.6 is 0 Å². The van der Waals surface area contributed by atoms with Crippen molar-refractivity contribution < 1.29 is 18.3 Å². The summed E-state index contributed by atoms with van der Waals surface area (Å²) in [5.74, 6) is -1.10. The summed E-state index contributed by atoms with van der Waals surface area (Å²) in [6.07, 6.45) is 2.69. The van der Waals surface area contributed by atoms with E-state index in [-0.39, 0.29) is 16.1 Å². The van der Waals surface area contributed by atoms with E-state index in [1.54, 1.807) is 19.9 Å². The average Bonchev–Trinajstić information content (AvgIpc) is 2.43. The summed E-state index contributed by atoms with van der Waals surface area (Å²) in [7, 11) is -3.79. The first-order chi connectivity index (χ1) is 9.81. The van der Waals surface area contributed by atoms with Gasteiger partial charge in [0, 0.05) is 18.1 Å². The van der Waals surface area contributed by atoms with Crippen LogP contribution in [0.2, 0.25) is 0 Å². The van der Waals surface area contributed by atoms with Crippen molar-refractivity contribution >= 4 is 21.7 Å². The van der Waals surface area contributed by atoms with Crippen LogP contribution in [0.1, 0.15) is 21.5 Å². The maximum Gasteiger partial charge on any atom is 0.336 e. The molecule has 0 aliphatic rings. The second-order valence-corrected chi connectivity index (χ2v) is 6.25. The molecule has 1 heterocycles. The third kappa shape index (κ3) is 3.19. The smallest absolute Gasteiger partial charge is 0.336 e. The Bertz CT molecular complexity index is 786. The molecule has 21 heavy (non-hydrogen) atoms. The Morgan fingerprint density at radius 3 is 2.57 bits per heavy atom. The van der Waals surface area contributed by atoms with Gasteiger partial charge < -0.3 is 5.11 Å². The van der Waals surface area contributed by atoms with Gasteiger partial charge in [-0.1, -0.05) is 0 Å². The van der Waals surface area contributed by atoms with Gasteiger partial charge in [-0.2, -0.15) is 0 Å². The molecule has 0 saturated heterocycles. The number of carbonyl (C=O) groups is 1. The molecule has 0 aliphatic carbocycles. The Labute approximate surface area is 122 Å². The highest BCUT2D eigenvalue weighted by atomic mass is 32.2. The molecule has 0 saturated carbocycles. The molecule has 110 valence electrons. The van der Waals surface area contributed by atoms with Crippen LogP contribution < -0.4 is 4.72 Å².